The Morgan fingerprint density at radius 1 is 1.04 bits per heavy atom. The number of carbonyl (C=O) groups is 1. The Bertz CT molecular complexity index is 736. The highest BCUT2D eigenvalue weighted by Gasteiger charge is 2.13. The van der Waals surface area contributed by atoms with Crippen LogP contribution < -0.4 is 19.5 Å². The van der Waals surface area contributed by atoms with E-state index in [-0.39, 0.29) is 12.3 Å². The van der Waals surface area contributed by atoms with Gasteiger partial charge in [0.25, 0.3) is 5.91 Å². The van der Waals surface area contributed by atoms with Crippen LogP contribution in [-0.4, -0.2) is 25.7 Å². The Hall–Kier alpha value is -2.83. The topological polar surface area (TPSA) is 56.8 Å². The highest BCUT2D eigenvalue weighted by Crippen LogP contribution is 2.33. The summed E-state index contributed by atoms with van der Waals surface area (Å²) >= 11 is 0. The summed E-state index contributed by atoms with van der Waals surface area (Å²) in [7, 11) is 0. The van der Waals surface area contributed by atoms with Gasteiger partial charge < -0.3 is 19.5 Å². The van der Waals surface area contributed by atoms with E-state index in [0.717, 1.165) is 12.1 Å². The first-order valence-electron chi connectivity index (χ1n) is 6.89. The molecule has 5 nitrogen and oxygen atoms in total. The Balaban J connectivity index is 1.57. The molecule has 120 valence electrons. The third-order valence-corrected chi connectivity index (χ3v) is 3.09. The molecule has 0 spiro atoms. The molecule has 7 heteroatoms. The fourth-order valence-corrected chi connectivity index (χ4v) is 2.03. The van der Waals surface area contributed by atoms with Crippen LogP contribution in [0.3, 0.4) is 0 Å². The van der Waals surface area contributed by atoms with Crippen molar-refractivity contribution >= 4 is 11.6 Å². The molecule has 2 aromatic rings. The number of amides is 1. The molecular weight excluding hydrogens is 308 g/mol. The first kappa shape index (κ1) is 15.1. The zero-order valence-corrected chi connectivity index (χ0v) is 12.0. The van der Waals surface area contributed by atoms with Gasteiger partial charge in [-0.3, -0.25) is 4.79 Å². The molecule has 1 aliphatic heterocycles. The van der Waals surface area contributed by atoms with Gasteiger partial charge in [0.2, 0.25) is 0 Å². The molecule has 3 rings (SSSR count). The highest BCUT2D eigenvalue weighted by molar-refractivity contribution is 5.91. The predicted octanol–water partition coefficient (Wildman–Crippen LogP) is 2.75. The van der Waals surface area contributed by atoms with Crippen LogP contribution in [0.4, 0.5) is 14.5 Å². The van der Waals surface area contributed by atoms with E-state index in [4.69, 9.17) is 14.2 Å². The van der Waals surface area contributed by atoms with Crippen LogP contribution in [0.25, 0.3) is 0 Å². The van der Waals surface area contributed by atoms with Crippen molar-refractivity contribution in [3.8, 4) is 17.2 Å². The van der Waals surface area contributed by atoms with Gasteiger partial charge in [-0.1, -0.05) is 0 Å². The maximum Gasteiger partial charge on any atom is 0.262 e. The molecule has 0 aromatic heterocycles. The van der Waals surface area contributed by atoms with Crippen LogP contribution in [-0.2, 0) is 4.79 Å². The summed E-state index contributed by atoms with van der Waals surface area (Å²) in [5.41, 5.74) is 0.152. The number of nitrogens with one attached hydrogen (secondary N) is 1. The molecule has 0 saturated carbocycles. The fraction of sp³-hybridized carbons (Fsp3) is 0.188. The molecule has 2 aromatic carbocycles. The Morgan fingerprint density at radius 2 is 1.83 bits per heavy atom. The van der Waals surface area contributed by atoms with Crippen LogP contribution in [0.2, 0.25) is 0 Å². The SMILES string of the molecule is O=C(COc1ccc2c(c1)OCCO2)Nc1ccc(F)c(F)c1. The lowest BCUT2D eigenvalue weighted by molar-refractivity contribution is -0.118. The van der Waals surface area contributed by atoms with E-state index in [0.29, 0.717) is 30.5 Å². The average Bonchev–Trinajstić information content (AvgIpc) is 2.56. The van der Waals surface area contributed by atoms with Crippen molar-refractivity contribution in [3.05, 3.63) is 48.0 Å². The first-order chi connectivity index (χ1) is 11.1. The van der Waals surface area contributed by atoms with Gasteiger partial charge in [0.05, 0.1) is 0 Å². The molecular formula is C16H13F2NO4. The van der Waals surface area contributed by atoms with Gasteiger partial charge >= 0.3 is 0 Å². The van der Waals surface area contributed by atoms with Crippen molar-refractivity contribution in [2.45, 2.75) is 0 Å². The van der Waals surface area contributed by atoms with Gasteiger partial charge in [-0.05, 0) is 24.3 Å². The van der Waals surface area contributed by atoms with Crippen LogP contribution in [0.15, 0.2) is 36.4 Å². The van der Waals surface area contributed by atoms with Gasteiger partial charge in [0, 0.05) is 17.8 Å². The number of halogens is 2. The van der Waals surface area contributed by atoms with Gasteiger partial charge in [-0.2, -0.15) is 0 Å². The monoisotopic (exact) mass is 321 g/mol. The van der Waals surface area contributed by atoms with E-state index >= 15 is 0 Å². The zero-order valence-electron chi connectivity index (χ0n) is 12.0. The normalized spacial score (nSPS) is 12.6. The van der Waals surface area contributed by atoms with Gasteiger partial charge in [-0.25, -0.2) is 8.78 Å². The second kappa shape index (κ2) is 6.51. The largest absolute Gasteiger partial charge is 0.486 e. The average molecular weight is 321 g/mol. The summed E-state index contributed by atoms with van der Waals surface area (Å²) in [5.74, 6) is -0.892. The van der Waals surface area contributed by atoms with Crippen molar-refractivity contribution in [2.24, 2.45) is 0 Å². The standard InChI is InChI=1S/C16H13F2NO4/c17-12-3-1-10(7-13(12)18)19-16(20)9-23-11-2-4-14-15(8-11)22-6-5-21-14/h1-4,7-8H,5-6,9H2,(H,19,20). The highest BCUT2D eigenvalue weighted by atomic mass is 19.2. The maximum absolute atomic E-state index is 13.1. The molecule has 0 radical (unpaired) electrons. The number of fused-ring (bicyclic) bond motifs is 1. The maximum atomic E-state index is 13.1. The quantitative estimate of drug-likeness (QED) is 0.941. The first-order valence-corrected chi connectivity index (χ1v) is 6.89. The van der Waals surface area contributed by atoms with E-state index in [1.54, 1.807) is 18.2 Å². The van der Waals surface area contributed by atoms with Crippen molar-refractivity contribution in [2.75, 3.05) is 25.1 Å². The number of anilines is 1. The Kier molecular flexibility index (Phi) is 4.27. The number of carbonyl (C=O) groups excluding carboxylic acids is 1. The molecule has 23 heavy (non-hydrogen) atoms. The van der Waals surface area contributed by atoms with Gasteiger partial charge in [-0.15, -0.1) is 0 Å². The summed E-state index contributed by atoms with van der Waals surface area (Å²) in [6.45, 7) is 0.662. The molecule has 0 fully saturated rings. The molecule has 0 aliphatic carbocycles. The molecule has 0 bridgehead atoms. The van der Waals surface area contributed by atoms with Gasteiger partial charge in [0.15, 0.2) is 29.7 Å². The summed E-state index contributed by atoms with van der Waals surface area (Å²) in [6, 6.07) is 8.07. The molecule has 1 heterocycles. The third-order valence-electron chi connectivity index (χ3n) is 3.09. The predicted molar refractivity (Wildman–Crippen MR) is 77.9 cm³/mol. The van der Waals surface area contributed by atoms with E-state index < -0.39 is 17.5 Å². The third kappa shape index (κ3) is 3.68. The van der Waals surface area contributed by atoms with E-state index in [2.05, 4.69) is 5.32 Å². The number of hydrogen-bond donors (Lipinski definition) is 1. The molecule has 1 amide bonds. The number of benzene rings is 2. The lowest BCUT2D eigenvalue weighted by atomic mass is 10.3. The van der Waals surface area contributed by atoms with Crippen LogP contribution in [0, 0.1) is 11.6 Å². The van der Waals surface area contributed by atoms with Crippen molar-refractivity contribution in [1.82, 2.24) is 0 Å². The minimum absolute atomic E-state index is 0.152. The molecule has 0 unspecified atom stereocenters. The van der Waals surface area contributed by atoms with Crippen molar-refractivity contribution in [3.63, 3.8) is 0 Å². The molecule has 1 aliphatic rings. The Morgan fingerprint density at radius 3 is 2.61 bits per heavy atom. The summed E-state index contributed by atoms with van der Waals surface area (Å²) in [5, 5.41) is 2.42. The number of rotatable bonds is 4. The van der Waals surface area contributed by atoms with E-state index in [1.165, 1.54) is 6.07 Å². The fourth-order valence-electron chi connectivity index (χ4n) is 2.03. The number of ether oxygens (including phenoxy) is 3. The van der Waals surface area contributed by atoms with Crippen LogP contribution >= 0.6 is 0 Å². The van der Waals surface area contributed by atoms with E-state index in [9.17, 15) is 13.6 Å². The smallest absolute Gasteiger partial charge is 0.262 e. The molecule has 0 atom stereocenters. The second-order valence-corrected chi connectivity index (χ2v) is 4.77. The lowest BCUT2D eigenvalue weighted by Crippen LogP contribution is -2.20. The van der Waals surface area contributed by atoms with Crippen molar-refractivity contribution in [1.29, 1.82) is 0 Å². The minimum atomic E-state index is -1.03. The van der Waals surface area contributed by atoms with Crippen LogP contribution in [0.5, 0.6) is 17.2 Å². The molecule has 0 saturated heterocycles. The summed E-state index contributed by atoms with van der Waals surface area (Å²) in [6.07, 6.45) is 0. The minimum Gasteiger partial charge on any atom is -0.486 e. The summed E-state index contributed by atoms with van der Waals surface area (Å²) in [4.78, 5) is 11.8. The molecule has 1 N–H and O–H groups in total. The van der Waals surface area contributed by atoms with Gasteiger partial charge in [0.1, 0.15) is 19.0 Å². The van der Waals surface area contributed by atoms with E-state index in [1.807, 2.05) is 0 Å². The number of hydrogen-bond acceptors (Lipinski definition) is 4. The lowest BCUT2D eigenvalue weighted by Gasteiger charge is -2.18. The Labute approximate surface area is 130 Å². The summed E-state index contributed by atoms with van der Waals surface area (Å²) < 4.78 is 42.0. The zero-order chi connectivity index (χ0) is 16.2. The second-order valence-electron chi connectivity index (χ2n) is 4.77. The van der Waals surface area contributed by atoms with Crippen molar-refractivity contribution < 1.29 is 27.8 Å². The van der Waals surface area contributed by atoms with Crippen LogP contribution in [0.1, 0.15) is 0 Å².